The summed E-state index contributed by atoms with van der Waals surface area (Å²) in [5, 5.41) is 11.3. The average Bonchev–Trinajstić information content (AvgIpc) is 3.08. The number of hydrogen-bond acceptors (Lipinski definition) is 4. The Morgan fingerprint density at radius 1 is 1.13 bits per heavy atom. The van der Waals surface area contributed by atoms with Crippen LogP contribution in [0.4, 0.5) is 0 Å². The van der Waals surface area contributed by atoms with E-state index in [0.717, 1.165) is 24.2 Å². The quantitative estimate of drug-likeness (QED) is 0.466. The Kier molecular flexibility index (Phi) is 4.84. The molecular weight excluding hydrogens is 294 g/mol. The first-order valence-corrected chi connectivity index (χ1v) is 8.32. The summed E-state index contributed by atoms with van der Waals surface area (Å²) in [4.78, 5) is 11.1. The molecule has 5 nitrogen and oxygen atoms in total. The molecule has 0 heterocycles. The highest BCUT2D eigenvalue weighted by molar-refractivity contribution is 5.44. The van der Waals surface area contributed by atoms with Crippen LogP contribution in [-0.2, 0) is 0 Å². The topological polar surface area (TPSA) is 61.6 Å². The molecule has 0 spiro atoms. The van der Waals surface area contributed by atoms with E-state index < -0.39 is 6.04 Å². The number of nitrogens with zero attached hydrogens (tertiary/aromatic N) is 1. The maximum atomic E-state index is 11.3. The van der Waals surface area contributed by atoms with Crippen LogP contribution in [0.1, 0.15) is 50.0 Å². The van der Waals surface area contributed by atoms with Crippen molar-refractivity contribution in [2.45, 2.75) is 56.6 Å². The van der Waals surface area contributed by atoms with E-state index >= 15 is 0 Å². The van der Waals surface area contributed by atoms with Crippen molar-refractivity contribution in [1.29, 1.82) is 0 Å². The maximum absolute atomic E-state index is 11.3. The first-order valence-electron chi connectivity index (χ1n) is 8.32. The fourth-order valence-corrected chi connectivity index (χ4v) is 3.59. The Bertz CT molecular complexity index is 593. The van der Waals surface area contributed by atoms with Crippen molar-refractivity contribution in [3.63, 3.8) is 0 Å². The van der Waals surface area contributed by atoms with Gasteiger partial charge in [0.2, 0.25) is 6.04 Å². The minimum Gasteiger partial charge on any atom is -0.493 e. The summed E-state index contributed by atoms with van der Waals surface area (Å²) in [6, 6.07) is 5.20. The van der Waals surface area contributed by atoms with Gasteiger partial charge in [-0.25, -0.2) is 0 Å². The molecule has 0 unspecified atom stereocenters. The van der Waals surface area contributed by atoms with Gasteiger partial charge in [0.1, 0.15) is 0 Å². The highest BCUT2D eigenvalue weighted by atomic mass is 16.6. The Labute approximate surface area is 136 Å². The van der Waals surface area contributed by atoms with Crippen molar-refractivity contribution < 1.29 is 14.4 Å². The lowest BCUT2D eigenvalue weighted by Crippen LogP contribution is -2.28. The average molecular weight is 317 g/mol. The van der Waals surface area contributed by atoms with E-state index in [-0.39, 0.29) is 16.9 Å². The lowest BCUT2D eigenvalue weighted by Gasteiger charge is -2.23. The number of methoxy groups -OCH3 is 1. The number of rotatable bonds is 5. The normalized spacial score (nSPS) is 24.6. The van der Waals surface area contributed by atoms with Crippen molar-refractivity contribution in [1.82, 2.24) is 0 Å². The van der Waals surface area contributed by atoms with Crippen molar-refractivity contribution in [3.05, 3.63) is 46.0 Å². The smallest absolute Gasteiger partial charge is 0.223 e. The van der Waals surface area contributed by atoms with Gasteiger partial charge < -0.3 is 9.47 Å². The molecule has 2 aliphatic carbocycles. The predicted octanol–water partition coefficient (Wildman–Crippen LogP) is 4.10. The fraction of sp³-hybridized carbons (Fsp3) is 0.556. The molecule has 1 aromatic carbocycles. The molecule has 0 amide bonds. The monoisotopic (exact) mass is 317 g/mol. The fourth-order valence-electron chi connectivity index (χ4n) is 3.59. The first-order chi connectivity index (χ1) is 11.2. The van der Waals surface area contributed by atoms with Crippen molar-refractivity contribution in [2.75, 3.05) is 7.11 Å². The minimum atomic E-state index is -0.564. The summed E-state index contributed by atoms with van der Waals surface area (Å²) < 4.78 is 11.5. The van der Waals surface area contributed by atoms with Crippen LogP contribution in [0, 0.1) is 10.1 Å². The number of ether oxygens (including phenoxy) is 2. The zero-order valence-corrected chi connectivity index (χ0v) is 13.4. The van der Waals surface area contributed by atoms with E-state index in [9.17, 15) is 10.1 Å². The van der Waals surface area contributed by atoms with Crippen LogP contribution in [0.25, 0.3) is 0 Å². The molecule has 3 rings (SSSR count). The third-order valence-corrected chi connectivity index (χ3v) is 4.88. The molecule has 0 aromatic heterocycles. The van der Waals surface area contributed by atoms with Crippen molar-refractivity contribution in [2.24, 2.45) is 0 Å². The van der Waals surface area contributed by atoms with Gasteiger partial charge in [0.15, 0.2) is 11.5 Å². The summed E-state index contributed by atoms with van der Waals surface area (Å²) in [7, 11) is 1.62. The molecule has 1 aromatic rings. The summed E-state index contributed by atoms with van der Waals surface area (Å²) in [6.07, 6.45) is 9.97. The van der Waals surface area contributed by atoms with E-state index in [1.165, 1.54) is 12.8 Å². The highest BCUT2D eigenvalue weighted by Crippen LogP contribution is 2.38. The third kappa shape index (κ3) is 3.49. The van der Waals surface area contributed by atoms with Gasteiger partial charge in [0.05, 0.1) is 19.1 Å². The van der Waals surface area contributed by atoms with Gasteiger partial charge in [0.25, 0.3) is 0 Å². The van der Waals surface area contributed by atoms with E-state index in [0.29, 0.717) is 18.6 Å². The van der Waals surface area contributed by atoms with Crippen LogP contribution >= 0.6 is 0 Å². The van der Waals surface area contributed by atoms with Gasteiger partial charge in [-0.15, -0.1) is 0 Å². The second-order valence-electron chi connectivity index (χ2n) is 6.34. The molecular formula is C18H23NO4. The summed E-state index contributed by atoms with van der Waals surface area (Å²) in [5.41, 5.74) is 0.951. The van der Waals surface area contributed by atoms with Gasteiger partial charge in [-0.05, 0) is 49.8 Å². The molecule has 0 aliphatic heterocycles. The summed E-state index contributed by atoms with van der Waals surface area (Å²) in [5.74, 6) is 1.31. The van der Waals surface area contributed by atoms with Gasteiger partial charge in [-0.3, -0.25) is 10.1 Å². The van der Waals surface area contributed by atoms with Crippen LogP contribution in [0.15, 0.2) is 30.4 Å². The van der Waals surface area contributed by atoms with E-state index in [4.69, 9.17) is 9.47 Å². The van der Waals surface area contributed by atoms with E-state index in [2.05, 4.69) is 0 Å². The largest absolute Gasteiger partial charge is 0.493 e. The molecule has 2 atom stereocenters. The Morgan fingerprint density at radius 2 is 1.87 bits per heavy atom. The number of allylic oxidation sites excluding steroid dienone is 1. The van der Waals surface area contributed by atoms with Gasteiger partial charge >= 0.3 is 0 Å². The van der Waals surface area contributed by atoms with Crippen LogP contribution < -0.4 is 9.47 Å². The highest BCUT2D eigenvalue weighted by Gasteiger charge is 2.33. The van der Waals surface area contributed by atoms with Crippen LogP contribution in [0.2, 0.25) is 0 Å². The molecule has 0 N–H and O–H groups in total. The van der Waals surface area contributed by atoms with Gasteiger partial charge in [0, 0.05) is 11.3 Å². The SMILES string of the molecule is COc1cc([C@@H]2CC=CC[C@@H]2[N+](=O)[O-])ccc1OC1CCCC1. The Morgan fingerprint density at radius 3 is 2.57 bits per heavy atom. The molecule has 1 fully saturated rings. The Balaban J connectivity index is 1.82. The van der Waals surface area contributed by atoms with Crippen molar-refractivity contribution in [3.8, 4) is 11.5 Å². The molecule has 0 bridgehead atoms. The molecule has 23 heavy (non-hydrogen) atoms. The first kappa shape index (κ1) is 15.8. The minimum absolute atomic E-state index is 0.107. The van der Waals surface area contributed by atoms with Crippen LogP contribution in [0.3, 0.4) is 0 Å². The lowest BCUT2D eigenvalue weighted by molar-refractivity contribution is -0.526. The predicted molar refractivity (Wildman–Crippen MR) is 87.8 cm³/mol. The summed E-state index contributed by atoms with van der Waals surface area (Å²) in [6.45, 7) is 0. The van der Waals surface area contributed by atoms with Crippen LogP contribution in [0.5, 0.6) is 11.5 Å². The number of hydrogen-bond donors (Lipinski definition) is 0. The second kappa shape index (κ2) is 7.02. The number of nitro groups is 1. The number of benzene rings is 1. The van der Waals surface area contributed by atoms with E-state index in [1.807, 2.05) is 30.4 Å². The van der Waals surface area contributed by atoms with E-state index in [1.54, 1.807) is 7.11 Å². The van der Waals surface area contributed by atoms with Crippen molar-refractivity contribution >= 4 is 0 Å². The molecule has 124 valence electrons. The second-order valence-corrected chi connectivity index (χ2v) is 6.34. The summed E-state index contributed by atoms with van der Waals surface area (Å²) >= 11 is 0. The third-order valence-electron chi connectivity index (χ3n) is 4.88. The molecule has 5 heteroatoms. The Hall–Kier alpha value is -2.04. The maximum Gasteiger partial charge on any atom is 0.223 e. The van der Waals surface area contributed by atoms with Crippen LogP contribution in [-0.4, -0.2) is 24.2 Å². The zero-order valence-electron chi connectivity index (χ0n) is 13.4. The zero-order chi connectivity index (χ0) is 16.2. The molecule has 1 saturated carbocycles. The molecule has 2 aliphatic rings. The molecule has 0 saturated heterocycles. The lowest BCUT2D eigenvalue weighted by atomic mass is 9.83. The standard InChI is InChI=1S/C18H23NO4/c1-22-18-12-13(15-8-4-5-9-16(15)19(20)21)10-11-17(18)23-14-6-2-3-7-14/h4-5,10-12,14-16H,2-3,6-9H2,1H3/t15-,16-/m0/s1. The molecule has 0 radical (unpaired) electrons. The van der Waals surface area contributed by atoms with Gasteiger partial charge in [-0.2, -0.15) is 0 Å². The van der Waals surface area contributed by atoms with Gasteiger partial charge in [-0.1, -0.05) is 18.2 Å².